The zero-order valence-corrected chi connectivity index (χ0v) is 11.0. The Hall–Kier alpha value is -0.770. The van der Waals surface area contributed by atoms with Crippen LogP contribution in [0.5, 0.6) is 5.75 Å². The monoisotopic (exact) mass is 257 g/mol. The van der Waals surface area contributed by atoms with Gasteiger partial charge in [0.2, 0.25) is 0 Å². The normalized spacial score (nSPS) is 10.5. The molecule has 0 spiro atoms. The van der Waals surface area contributed by atoms with E-state index in [2.05, 4.69) is 0 Å². The summed E-state index contributed by atoms with van der Waals surface area (Å²) in [5.74, 6) is 0.744. The lowest BCUT2D eigenvalue weighted by molar-refractivity contribution is 0.118. The molecule has 0 atom stereocenters. The Morgan fingerprint density at radius 2 is 1.94 bits per heavy atom. The molecule has 0 aromatic heterocycles. The van der Waals surface area contributed by atoms with E-state index in [1.165, 1.54) is 0 Å². The Balaban J connectivity index is 2.15. The molecule has 0 bridgehead atoms. The molecular formula is C13H20ClNO2. The molecule has 0 fully saturated rings. The predicted molar refractivity (Wildman–Crippen MR) is 70.8 cm³/mol. The molecule has 1 rings (SSSR count). The van der Waals surface area contributed by atoms with Crippen LogP contribution in [0.3, 0.4) is 0 Å². The van der Waals surface area contributed by atoms with Crippen molar-refractivity contribution in [1.29, 1.82) is 0 Å². The molecule has 96 valence electrons. The van der Waals surface area contributed by atoms with E-state index in [4.69, 9.17) is 26.8 Å². The summed E-state index contributed by atoms with van der Waals surface area (Å²) in [5.41, 5.74) is 6.50. The Bertz CT molecular complexity index is 331. The summed E-state index contributed by atoms with van der Waals surface area (Å²) in [6, 6.07) is 5.76. The Morgan fingerprint density at radius 1 is 1.18 bits per heavy atom. The molecular weight excluding hydrogens is 238 g/mol. The molecule has 0 aliphatic rings. The summed E-state index contributed by atoms with van der Waals surface area (Å²) >= 11 is 6.01. The van der Waals surface area contributed by atoms with Crippen molar-refractivity contribution in [2.24, 2.45) is 5.73 Å². The number of rotatable bonds is 8. The summed E-state index contributed by atoms with van der Waals surface area (Å²) in [4.78, 5) is 0. The van der Waals surface area contributed by atoms with Gasteiger partial charge >= 0.3 is 0 Å². The third kappa shape index (κ3) is 5.91. The highest BCUT2D eigenvalue weighted by molar-refractivity contribution is 6.32. The van der Waals surface area contributed by atoms with Crippen molar-refractivity contribution >= 4 is 11.6 Å². The third-order valence-electron chi connectivity index (χ3n) is 2.27. The molecule has 0 heterocycles. The fourth-order valence-electron chi connectivity index (χ4n) is 1.35. The molecule has 1 aromatic rings. The number of ether oxygens (including phenoxy) is 2. The van der Waals surface area contributed by atoms with Crippen LogP contribution in [0.2, 0.25) is 5.02 Å². The third-order valence-corrected chi connectivity index (χ3v) is 2.58. The van der Waals surface area contributed by atoms with Gasteiger partial charge in [0.25, 0.3) is 0 Å². The van der Waals surface area contributed by atoms with Gasteiger partial charge < -0.3 is 15.2 Å². The zero-order chi connectivity index (χ0) is 12.5. The van der Waals surface area contributed by atoms with E-state index in [-0.39, 0.29) is 0 Å². The molecule has 0 saturated carbocycles. The highest BCUT2D eigenvalue weighted by Gasteiger charge is 2.01. The highest BCUT2D eigenvalue weighted by atomic mass is 35.5. The van der Waals surface area contributed by atoms with Gasteiger partial charge in [-0.25, -0.2) is 0 Å². The first kappa shape index (κ1) is 14.3. The number of aryl methyl sites for hydroxylation is 1. The van der Waals surface area contributed by atoms with Crippen molar-refractivity contribution in [2.45, 2.75) is 19.8 Å². The SMILES string of the molecule is Cc1ccc(Cl)c(OCCCOCCCN)c1. The number of benzene rings is 1. The summed E-state index contributed by atoms with van der Waals surface area (Å²) < 4.78 is 11.0. The van der Waals surface area contributed by atoms with Gasteiger partial charge in [-0.3, -0.25) is 0 Å². The highest BCUT2D eigenvalue weighted by Crippen LogP contribution is 2.25. The molecule has 1 aromatic carbocycles. The van der Waals surface area contributed by atoms with Crippen LogP contribution in [-0.2, 0) is 4.74 Å². The second-order valence-corrected chi connectivity index (χ2v) is 4.30. The standard InChI is InChI=1S/C13H20ClNO2/c1-11-4-5-12(14)13(10-11)17-9-3-8-16-7-2-6-15/h4-5,10H,2-3,6-9,15H2,1H3. The summed E-state index contributed by atoms with van der Waals surface area (Å²) in [5, 5.41) is 0.652. The largest absolute Gasteiger partial charge is 0.492 e. The van der Waals surface area contributed by atoms with Gasteiger partial charge in [-0.1, -0.05) is 17.7 Å². The zero-order valence-electron chi connectivity index (χ0n) is 10.2. The molecule has 17 heavy (non-hydrogen) atoms. The quantitative estimate of drug-likeness (QED) is 0.729. The Kier molecular flexibility index (Phi) is 7.01. The summed E-state index contributed by atoms with van der Waals surface area (Å²) in [6.07, 6.45) is 1.76. The van der Waals surface area contributed by atoms with Crippen LogP contribution >= 0.6 is 11.6 Å². The van der Waals surface area contributed by atoms with Gasteiger partial charge in [-0.05, 0) is 37.6 Å². The van der Waals surface area contributed by atoms with E-state index in [1.54, 1.807) is 0 Å². The van der Waals surface area contributed by atoms with E-state index in [0.717, 1.165) is 30.8 Å². The Labute approximate surface area is 108 Å². The van der Waals surface area contributed by atoms with Crippen LogP contribution in [0, 0.1) is 6.92 Å². The van der Waals surface area contributed by atoms with Crippen LogP contribution in [0.4, 0.5) is 0 Å². The van der Waals surface area contributed by atoms with Crippen LogP contribution in [0.15, 0.2) is 18.2 Å². The molecule has 0 amide bonds. The predicted octanol–water partition coefficient (Wildman–Crippen LogP) is 2.78. The topological polar surface area (TPSA) is 44.5 Å². The summed E-state index contributed by atoms with van der Waals surface area (Å²) in [7, 11) is 0. The van der Waals surface area contributed by atoms with E-state index >= 15 is 0 Å². The maximum atomic E-state index is 6.01. The number of nitrogens with two attached hydrogens (primary N) is 1. The maximum absolute atomic E-state index is 6.01. The first-order chi connectivity index (χ1) is 8.24. The van der Waals surface area contributed by atoms with Crippen LogP contribution < -0.4 is 10.5 Å². The molecule has 0 aliphatic carbocycles. The molecule has 0 radical (unpaired) electrons. The molecule has 2 N–H and O–H groups in total. The lowest BCUT2D eigenvalue weighted by Crippen LogP contribution is -2.07. The van der Waals surface area contributed by atoms with Crippen LogP contribution in [0.25, 0.3) is 0 Å². The second-order valence-electron chi connectivity index (χ2n) is 3.89. The molecule has 0 unspecified atom stereocenters. The van der Waals surface area contributed by atoms with E-state index in [0.29, 0.717) is 24.8 Å². The van der Waals surface area contributed by atoms with Crippen molar-refractivity contribution in [3.8, 4) is 5.75 Å². The number of halogens is 1. The smallest absolute Gasteiger partial charge is 0.138 e. The van der Waals surface area contributed by atoms with Crippen molar-refractivity contribution < 1.29 is 9.47 Å². The number of hydrogen-bond acceptors (Lipinski definition) is 3. The lowest BCUT2D eigenvalue weighted by Gasteiger charge is -2.09. The second kappa shape index (κ2) is 8.34. The Morgan fingerprint density at radius 3 is 2.71 bits per heavy atom. The van der Waals surface area contributed by atoms with Crippen molar-refractivity contribution in [3.63, 3.8) is 0 Å². The first-order valence-corrected chi connectivity index (χ1v) is 6.28. The minimum absolute atomic E-state index is 0.617. The minimum Gasteiger partial charge on any atom is -0.492 e. The van der Waals surface area contributed by atoms with E-state index < -0.39 is 0 Å². The first-order valence-electron chi connectivity index (χ1n) is 5.91. The maximum Gasteiger partial charge on any atom is 0.138 e. The van der Waals surface area contributed by atoms with Crippen molar-refractivity contribution in [3.05, 3.63) is 28.8 Å². The van der Waals surface area contributed by atoms with Gasteiger partial charge in [0.1, 0.15) is 5.75 Å². The molecule has 0 saturated heterocycles. The van der Waals surface area contributed by atoms with Crippen molar-refractivity contribution in [2.75, 3.05) is 26.4 Å². The lowest BCUT2D eigenvalue weighted by atomic mass is 10.2. The molecule has 0 aliphatic heterocycles. The van der Waals surface area contributed by atoms with Crippen LogP contribution in [0.1, 0.15) is 18.4 Å². The molecule has 3 nitrogen and oxygen atoms in total. The number of hydrogen-bond donors (Lipinski definition) is 1. The van der Waals surface area contributed by atoms with E-state index in [1.807, 2.05) is 25.1 Å². The van der Waals surface area contributed by atoms with Gasteiger partial charge in [0.15, 0.2) is 0 Å². The fraction of sp³-hybridized carbons (Fsp3) is 0.538. The van der Waals surface area contributed by atoms with Crippen LogP contribution in [-0.4, -0.2) is 26.4 Å². The average Bonchev–Trinajstić information content (AvgIpc) is 2.32. The van der Waals surface area contributed by atoms with Crippen molar-refractivity contribution in [1.82, 2.24) is 0 Å². The van der Waals surface area contributed by atoms with Gasteiger partial charge in [-0.2, -0.15) is 0 Å². The fourth-order valence-corrected chi connectivity index (χ4v) is 1.52. The average molecular weight is 258 g/mol. The molecule has 4 heteroatoms. The van der Waals surface area contributed by atoms with E-state index in [9.17, 15) is 0 Å². The van der Waals surface area contributed by atoms with Gasteiger partial charge in [-0.15, -0.1) is 0 Å². The van der Waals surface area contributed by atoms with Gasteiger partial charge in [0, 0.05) is 19.6 Å². The minimum atomic E-state index is 0.617. The van der Waals surface area contributed by atoms with Gasteiger partial charge in [0.05, 0.1) is 11.6 Å². The summed E-state index contributed by atoms with van der Waals surface area (Å²) in [6.45, 7) is 4.73.